The molecule has 0 saturated heterocycles. The molecule has 2 aromatic rings. The van der Waals surface area contributed by atoms with Gasteiger partial charge in [-0.05, 0) is 35.4 Å². The van der Waals surface area contributed by atoms with Gasteiger partial charge in [-0.1, -0.05) is 36.2 Å². The van der Waals surface area contributed by atoms with Gasteiger partial charge in [-0.15, -0.1) is 0 Å². The molecule has 0 radical (unpaired) electrons. The predicted molar refractivity (Wildman–Crippen MR) is 96.4 cm³/mol. The molecule has 1 aliphatic rings. The summed E-state index contributed by atoms with van der Waals surface area (Å²) >= 11 is 1.53. The van der Waals surface area contributed by atoms with Crippen molar-refractivity contribution < 1.29 is 9.18 Å². The molecule has 1 heterocycles. The molecule has 24 heavy (non-hydrogen) atoms. The molecule has 1 aliphatic heterocycles. The fourth-order valence-corrected chi connectivity index (χ4v) is 3.14. The monoisotopic (exact) mass is 343 g/mol. The van der Waals surface area contributed by atoms with Crippen molar-refractivity contribution in [1.29, 1.82) is 0 Å². The maximum Gasteiger partial charge on any atom is 0.240 e. The van der Waals surface area contributed by atoms with E-state index >= 15 is 0 Å². The lowest BCUT2D eigenvalue weighted by Gasteiger charge is -2.20. The minimum Gasteiger partial charge on any atom is -0.330 e. The standard InChI is InChI=1S/C18H18FN3OS/c1-12(23)22-18(14-3-7-15(19)8-4-14)11-17(20-22)13-5-9-16(10-6-13)21-24-2/h3-10,18,21H,11H2,1-2H3. The van der Waals surface area contributed by atoms with Gasteiger partial charge in [0.15, 0.2) is 0 Å². The van der Waals surface area contributed by atoms with Crippen molar-refractivity contribution in [3.05, 3.63) is 65.5 Å². The van der Waals surface area contributed by atoms with Crippen LogP contribution in [0, 0.1) is 5.82 Å². The quantitative estimate of drug-likeness (QED) is 0.846. The molecular weight excluding hydrogens is 325 g/mol. The number of anilines is 1. The first-order valence-electron chi connectivity index (χ1n) is 7.60. The van der Waals surface area contributed by atoms with Crippen molar-refractivity contribution in [2.45, 2.75) is 19.4 Å². The Hall–Kier alpha value is -2.34. The Morgan fingerprint density at radius 2 is 1.88 bits per heavy atom. The maximum absolute atomic E-state index is 13.2. The fraction of sp³-hybridized carbons (Fsp3) is 0.222. The summed E-state index contributed by atoms with van der Waals surface area (Å²) < 4.78 is 16.3. The third kappa shape index (κ3) is 3.43. The van der Waals surface area contributed by atoms with E-state index in [0.717, 1.165) is 22.5 Å². The zero-order valence-corrected chi connectivity index (χ0v) is 14.3. The second-order valence-corrected chi connectivity index (χ2v) is 6.18. The Bertz CT molecular complexity index is 759. The number of rotatable bonds is 4. The zero-order chi connectivity index (χ0) is 17.1. The van der Waals surface area contributed by atoms with Crippen LogP contribution >= 0.6 is 11.9 Å². The summed E-state index contributed by atoms with van der Waals surface area (Å²) in [5.41, 5.74) is 3.74. The van der Waals surface area contributed by atoms with E-state index in [1.807, 2.05) is 30.5 Å². The number of nitrogens with one attached hydrogen (secondary N) is 1. The summed E-state index contributed by atoms with van der Waals surface area (Å²) in [4.78, 5) is 11.9. The number of halogens is 1. The molecule has 2 aromatic carbocycles. The average Bonchev–Trinajstić information content (AvgIpc) is 3.02. The Kier molecular flexibility index (Phi) is 4.85. The average molecular weight is 343 g/mol. The Labute approximate surface area is 144 Å². The van der Waals surface area contributed by atoms with Crippen LogP contribution in [0.2, 0.25) is 0 Å². The number of benzene rings is 2. The summed E-state index contributed by atoms with van der Waals surface area (Å²) in [6, 6.07) is 14.0. The van der Waals surface area contributed by atoms with E-state index in [-0.39, 0.29) is 17.8 Å². The van der Waals surface area contributed by atoms with Crippen molar-refractivity contribution in [2.24, 2.45) is 5.10 Å². The van der Waals surface area contributed by atoms with E-state index in [1.165, 1.54) is 36.0 Å². The van der Waals surface area contributed by atoms with Crippen molar-refractivity contribution >= 4 is 29.3 Å². The van der Waals surface area contributed by atoms with Gasteiger partial charge in [-0.25, -0.2) is 9.40 Å². The summed E-state index contributed by atoms with van der Waals surface area (Å²) in [5.74, 6) is -0.413. The minimum atomic E-state index is -0.288. The molecule has 6 heteroatoms. The number of carbonyl (C=O) groups excluding carboxylic acids is 1. The molecule has 1 atom stereocenters. The molecule has 1 N–H and O–H groups in total. The molecule has 0 saturated carbocycles. The second kappa shape index (κ2) is 7.05. The van der Waals surface area contributed by atoms with E-state index < -0.39 is 0 Å². The van der Waals surface area contributed by atoms with E-state index in [4.69, 9.17) is 0 Å². The van der Waals surface area contributed by atoms with Crippen LogP contribution in [0.3, 0.4) is 0 Å². The molecule has 124 valence electrons. The van der Waals surface area contributed by atoms with Gasteiger partial charge in [-0.3, -0.25) is 4.79 Å². The van der Waals surface area contributed by atoms with Crippen LogP contribution in [0.5, 0.6) is 0 Å². The SMILES string of the molecule is CSNc1ccc(C2=NN(C(C)=O)C(c3ccc(F)cc3)C2)cc1. The number of hydrogen-bond acceptors (Lipinski definition) is 4. The molecule has 1 amide bonds. The number of amides is 1. The summed E-state index contributed by atoms with van der Waals surface area (Å²) in [6.07, 6.45) is 2.58. The lowest BCUT2D eigenvalue weighted by molar-refractivity contribution is -0.130. The second-order valence-electron chi connectivity index (χ2n) is 5.57. The van der Waals surface area contributed by atoms with Crippen LogP contribution in [0.4, 0.5) is 10.1 Å². The van der Waals surface area contributed by atoms with Crippen LogP contribution in [-0.4, -0.2) is 22.9 Å². The lowest BCUT2D eigenvalue weighted by atomic mass is 9.98. The van der Waals surface area contributed by atoms with Crippen LogP contribution in [0.1, 0.15) is 30.5 Å². The van der Waals surface area contributed by atoms with E-state index in [1.54, 1.807) is 12.1 Å². The van der Waals surface area contributed by atoms with Gasteiger partial charge in [0, 0.05) is 25.3 Å². The van der Waals surface area contributed by atoms with Gasteiger partial charge in [0.05, 0.1) is 11.8 Å². The first-order valence-corrected chi connectivity index (χ1v) is 8.83. The molecule has 3 rings (SSSR count). The fourth-order valence-electron chi connectivity index (χ4n) is 2.77. The molecule has 0 fully saturated rings. The zero-order valence-electron chi connectivity index (χ0n) is 13.5. The highest BCUT2D eigenvalue weighted by Crippen LogP contribution is 2.33. The smallest absolute Gasteiger partial charge is 0.240 e. The van der Waals surface area contributed by atoms with Crippen molar-refractivity contribution in [3.8, 4) is 0 Å². The van der Waals surface area contributed by atoms with Gasteiger partial charge in [0.2, 0.25) is 5.91 Å². The van der Waals surface area contributed by atoms with E-state index in [0.29, 0.717) is 6.42 Å². The Balaban J connectivity index is 1.86. The predicted octanol–water partition coefficient (Wildman–Crippen LogP) is 4.21. The molecule has 0 aromatic heterocycles. The van der Waals surface area contributed by atoms with Crippen LogP contribution in [0.25, 0.3) is 0 Å². The van der Waals surface area contributed by atoms with Crippen LogP contribution < -0.4 is 4.72 Å². The first kappa shape index (κ1) is 16.5. The highest BCUT2D eigenvalue weighted by Gasteiger charge is 2.31. The van der Waals surface area contributed by atoms with E-state index in [2.05, 4.69) is 9.82 Å². The molecule has 4 nitrogen and oxygen atoms in total. The summed E-state index contributed by atoms with van der Waals surface area (Å²) in [7, 11) is 0. The van der Waals surface area contributed by atoms with Crippen molar-refractivity contribution in [3.63, 3.8) is 0 Å². The van der Waals surface area contributed by atoms with Crippen molar-refractivity contribution in [2.75, 3.05) is 11.0 Å². The van der Waals surface area contributed by atoms with Gasteiger partial charge >= 0.3 is 0 Å². The number of carbonyl (C=O) groups is 1. The Morgan fingerprint density at radius 3 is 2.46 bits per heavy atom. The summed E-state index contributed by atoms with van der Waals surface area (Å²) in [5, 5.41) is 5.98. The highest BCUT2D eigenvalue weighted by molar-refractivity contribution is 7.99. The van der Waals surface area contributed by atoms with Crippen LogP contribution in [0.15, 0.2) is 53.6 Å². The van der Waals surface area contributed by atoms with Crippen LogP contribution in [-0.2, 0) is 4.79 Å². The van der Waals surface area contributed by atoms with Gasteiger partial charge < -0.3 is 4.72 Å². The van der Waals surface area contributed by atoms with Crippen molar-refractivity contribution in [1.82, 2.24) is 5.01 Å². The molecule has 0 spiro atoms. The van der Waals surface area contributed by atoms with E-state index in [9.17, 15) is 9.18 Å². The largest absolute Gasteiger partial charge is 0.330 e. The number of hydrazone groups is 1. The molecular formula is C18H18FN3OS. The third-order valence-corrected chi connectivity index (χ3v) is 4.37. The highest BCUT2D eigenvalue weighted by atomic mass is 32.2. The molecule has 1 unspecified atom stereocenters. The number of hydrogen-bond donors (Lipinski definition) is 1. The first-order chi connectivity index (χ1) is 11.6. The van der Waals surface area contributed by atoms with Gasteiger partial charge in [0.1, 0.15) is 5.82 Å². The topological polar surface area (TPSA) is 44.7 Å². The minimum absolute atomic E-state index is 0.125. The summed E-state index contributed by atoms with van der Waals surface area (Å²) in [6.45, 7) is 1.49. The van der Waals surface area contributed by atoms with Gasteiger partial charge in [-0.2, -0.15) is 5.10 Å². The number of nitrogens with zero attached hydrogens (tertiary/aromatic N) is 2. The normalized spacial score (nSPS) is 16.9. The van der Waals surface area contributed by atoms with Gasteiger partial charge in [0.25, 0.3) is 0 Å². The maximum atomic E-state index is 13.2. The molecule has 0 aliphatic carbocycles. The molecule has 0 bridgehead atoms. The Morgan fingerprint density at radius 1 is 1.21 bits per heavy atom. The third-order valence-electron chi connectivity index (χ3n) is 3.93. The lowest BCUT2D eigenvalue weighted by Crippen LogP contribution is -2.24.